The van der Waals surface area contributed by atoms with E-state index >= 15 is 0 Å². The number of thioether (sulfide) groups is 1. The Morgan fingerprint density at radius 1 is 1.32 bits per heavy atom. The average molecular weight is 279 g/mol. The van der Waals surface area contributed by atoms with Gasteiger partial charge in [0.15, 0.2) is 10.9 Å². The van der Waals surface area contributed by atoms with Crippen LogP contribution in [0.25, 0.3) is 0 Å². The average Bonchev–Trinajstić information content (AvgIpc) is 2.65. The van der Waals surface area contributed by atoms with Gasteiger partial charge in [-0.05, 0) is 20.1 Å². The first-order chi connectivity index (χ1) is 9.05. The molecule has 0 radical (unpaired) electrons. The van der Waals surface area contributed by atoms with E-state index in [1.54, 1.807) is 10.7 Å². The quantitative estimate of drug-likeness (QED) is 0.685. The van der Waals surface area contributed by atoms with E-state index in [9.17, 15) is 0 Å². The van der Waals surface area contributed by atoms with E-state index in [1.165, 1.54) is 11.8 Å². The van der Waals surface area contributed by atoms with Crippen LogP contribution in [0.2, 0.25) is 0 Å². The number of ether oxygens (including phenoxy) is 1. The van der Waals surface area contributed by atoms with Crippen LogP contribution in [0.4, 0.5) is 5.82 Å². The third-order valence-corrected chi connectivity index (χ3v) is 3.32. The van der Waals surface area contributed by atoms with E-state index in [0.29, 0.717) is 11.0 Å². The normalized spacial score (nSPS) is 10.6. The van der Waals surface area contributed by atoms with Crippen molar-refractivity contribution in [3.8, 4) is 11.6 Å². The van der Waals surface area contributed by atoms with E-state index in [2.05, 4.69) is 20.4 Å². The molecule has 7 heteroatoms. The second kappa shape index (κ2) is 5.48. The van der Waals surface area contributed by atoms with Gasteiger partial charge < -0.3 is 10.1 Å². The van der Waals surface area contributed by atoms with Gasteiger partial charge in [-0.3, -0.25) is 4.68 Å². The van der Waals surface area contributed by atoms with Crippen molar-refractivity contribution in [3.63, 3.8) is 0 Å². The lowest BCUT2D eigenvalue weighted by atomic mass is 10.3. The first-order valence-electron chi connectivity index (χ1n) is 5.84. The van der Waals surface area contributed by atoms with Gasteiger partial charge in [0.25, 0.3) is 0 Å². The summed E-state index contributed by atoms with van der Waals surface area (Å²) in [5, 5.41) is 7.98. The van der Waals surface area contributed by atoms with Crippen molar-refractivity contribution >= 4 is 17.6 Å². The lowest BCUT2D eigenvalue weighted by Gasteiger charge is -2.08. The molecule has 0 bridgehead atoms. The van der Waals surface area contributed by atoms with E-state index in [-0.39, 0.29) is 0 Å². The Morgan fingerprint density at radius 2 is 2.05 bits per heavy atom. The fourth-order valence-electron chi connectivity index (χ4n) is 1.68. The Labute approximate surface area is 116 Å². The zero-order chi connectivity index (χ0) is 14.0. The molecule has 0 aromatic carbocycles. The summed E-state index contributed by atoms with van der Waals surface area (Å²) in [7, 11) is 3.71. The number of aromatic nitrogens is 4. The summed E-state index contributed by atoms with van der Waals surface area (Å²) < 4.78 is 7.65. The molecule has 0 unspecified atom stereocenters. The molecule has 0 amide bonds. The van der Waals surface area contributed by atoms with E-state index in [0.717, 1.165) is 23.0 Å². The third-order valence-electron chi connectivity index (χ3n) is 2.77. The number of nitrogens with one attached hydrogen (secondary N) is 1. The predicted molar refractivity (Wildman–Crippen MR) is 76.1 cm³/mol. The first-order valence-corrected chi connectivity index (χ1v) is 7.06. The topological polar surface area (TPSA) is 64.9 Å². The minimum absolute atomic E-state index is 0.517. The largest absolute Gasteiger partial charge is 0.435 e. The highest BCUT2D eigenvalue weighted by atomic mass is 32.2. The zero-order valence-corrected chi connectivity index (χ0v) is 12.5. The molecule has 0 spiro atoms. The maximum absolute atomic E-state index is 5.86. The molecule has 2 heterocycles. The number of rotatable bonds is 4. The first kappa shape index (κ1) is 13.7. The highest BCUT2D eigenvalue weighted by molar-refractivity contribution is 7.98. The molecular formula is C12H17N5OS. The van der Waals surface area contributed by atoms with Crippen LogP contribution in [0.5, 0.6) is 11.6 Å². The Balaban J connectivity index is 2.37. The smallest absolute Gasteiger partial charge is 0.225 e. The van der Waals surface area contributed by atoms with Crippen molar-refractivity contribution < 1.29 is 4.74 Å². The number of anilines is 1. The monoisotopic (exact) mass is 279 g/mol. The molecule has 2 rings (SSSR count). The van der Waals surface area contributed by atoms with Crippen LogP contribution in [0.15, 0.2) is 11.2 Å². The SMILES string of the molecule is CNc1cc(Oc2c(C)nn(C)c2C)nc(SC)n1. The summed E-state index contributed by atoms with van der Waals surface area (Å²) in [6.07, 6.45) is 1.93. The fourth-order valence-corrected chi connectivity index (χ4v) is 2.05. The lowest BCUT2D eigenvalue weighted by Crippen LogP contribution is -1.99. The molecule has 102 valence electrons. The van der Waals surface area contributed by atoms with E-state index in [1.807, 2.05) is 34.2 Å². The summed E-state index contributed by atoms with van der Waals surface area (Å²) in [4.78, 5) is 8.64. The maximum atomic E-state index is 5.86. The van der Waals surface area contributed by atoms with Gasteiger partial charge in [-0.25, -0.2) is 4.98 Å². The Bertz CT molecular complexity index is 574. The fraction of sp³-hybridized carbons (Fsp3) is 0.417. The molecule has 0 saturated heterocycles. The summed E-state index contributed by atoms with van der Waals surface area (Å²) in [6, 6.07) is 1.77. The molecule has 0 saturated carbocycles. The van der Waals surface area contributed by atoms with Crippen molar-refractivity contribution in [1.29, 1.82) is 0 Å². The molecule has 2 aromatic rings. The number of hydrogen-bond donors (Lipinski definition) is 1. The van der Waals surface area contributed by atoms with Crippen LogP contribution in [-0.4, -0.2) is 33.1 Å². The zero-order valence-electron chi connectivity index (χ0n) is 11.7. The third kappa shape index (κ3) is 2.81. The Hall–Kier alpha value is -1.76. The standard InChI is InChI=1S/C12H17N5OS/c1-7-11(8(2)17(4)16-7)18-10-6-9(13-3)14-12(15-10)19-5/h6H,1-5H3,(H,13,14,15). The van der Waals surface area contributed by atoms with Crippen molar-refractivity contribution in [2.45, 2.75) is 19.0 Å². The highest BCUT2D eigenvalue weighted by Crippen LogP contribution is 2.28. The van der Waals surface area contributed by atoms with Gasteiger partial charge in [0.1, 0.15) is 11.5 Å². The molecule has 0 aliphatic heterocycles. The van der Waals surface area contributed by atoms with Gasteiger partial charge in [0.05, 0.1) is 5.69 Å². The molecule has 0 fully saturated rings. The molecule has 6 nitrogen and oxygen atoms in total. The Kier molecular flexibility index (Phi) is 3.94. The van der Waals surface area contributed by atoms with Gasteiger partial charge in [-0.15, -0.1) is 0 Å². The summed E-state index contributed by atoms with van der Waals surface area (Å²) in [5.41, 5.74) is 1.81. The summed E-state index contributed by atoms with van der Waals surface area (Å²) in [6.45, 7) is 3.88. The molecular weight excluding hydrogens is 262 g/mol. The van der Waals surface area contributed by atoms with Crippen LogP contribution in [0.1, 0.15) is 11.4 Å². The van der Waals surface area contributed by atoms with Gasteiger partial charge >= 0.3 is 0 Å². The molecule has 0 atom stereocenters. The molecule has 2 aromatic heterocycles. The molecule has 1 N–H and O–H groups in total. The summed E-state index contributed by atoms with van der Waals surface area (Å²) in [5.74, 6) is 1.99. The van der Waals surface area contributed by atoms with Crippen molar-refractivity contribution in [1.82, 2.24) is 19.7 Å². The second-order valence-electron chi connectivity index (χ2n) is 4.05. The number of nitrogens with zero attached hydrogens (tertiary/aromatic N) is 4. The van der Waals surface area contributed by atoms with Gasteiger partial charge in [0.2, 0.25) is 5.88 Å². The van der Waals surface area contributed by atoms with Crippen molar-refractivity contribution in [2.24, 2.45) is 7.05 Å². The molecule has 0 aliphatic carbocycles. The van der Waals surface area contributed by atoms with Crippen LogP contribution in [0.3, 0.4) is 0 Å². The minimum atomic E-state index is 0.517. The number of aryl methyl sites for hydroxylation is 2. The highest BCUT2D eigenvalue weighted by Gasteiger charge is 2.13. The van der Waals surface area contributed by atoms with Crippen LogP contribution in [0, 0.1) is 13.8 Å². The minimum Gasteiger partial charge on any atom is -0.435 e. The molecule has 19 heavy (non-hydrogen) atoms. The van der Waals surface area contributed by atoms with Crippen molar-refractivity contribution in [2.75, 3.05) is 18.6 Å². The Morgan fingerprint density at radius 3 is 2.58 bits per heavy atom. The molecule has 0 aliphatic rings. The predicted octanol–water partition coefficient (Wildman–Crippen LogP) is 2.38. The van der Waals surface area contributed by atoms with Crippen LogP contribution < -0.4 is 10.1 Å². The van der Waals surface area contributed by atoms with Crippen LogP contribution >= 0.6 is 11.8 Å². The van der Waals surface area contributed by atoms with E-state index in [4.69, 9.17) is 4.74 Å². The maximum Gasteiger partial charge on any atom is 0.225 e. The van der Waals surface area contributed by atoms with Crippen LogP contribution in [-0.2, 0) is 7.05 Å². The van der Waals surface area contributed by atoms with E-state index < -0.39 is 0 Å². The van der Waals surface area contributed by atoms with Gasteiger partial charge in [-0.1, -0.05) is 11.8 Å². The summed E-state index contributed by atoms with van der Waals surface area (Å²) >= 11 is 1.47. The lowest BCUT2D eigenvalue weighted by molar-refractivity contribution is 0.448. The van der Waals surface area contributed by atoms with Crippen molar-refractivity contribution in [3.05, 3.63) is 17.5 Å². The van der Waals surface area contributed by atoms with Gasteiger partial charge in [0, 0.05) is 20.2 Å². The second-order valence-corrected chi connectivity index (χ2v) is 4.83. The van der Waals surface area contributed by atoms with Gasteiger partial charge in [-0.2, -0.15) is 10.1 Å². The number of hydrogen-bond acceptors (Lipinski definition) is 6.